The van der Waals surface area contributed by atoms with E-state index in [0.29, 0.717) is 16.7 Å². The van der Waals surface area contributed by atoms with Gasteiger partial charge >= 0.3 is 0 Å². The lowest BCUT2D eigenvalue weighted by molar-refractivity contribution is -0.120. The van der Waals surface area contributed by atoms with Crippen molar-refractivity contribution in [3.05, 3.63) is 0 Å². The molecule has 4 aliphatic rings. The van der Waals surface area contributed by atoms with E-state index in [1.54, 1.807) is 0 Å². The van der Waals surface area contributed by atoms with Crippen molar-refractivity contribution in [2.45, 2.75) is 78.1 Å². The van der Waals surface area contributed by atoms with Crippen LogP contribution in [0.15, 0.2) is 0 Å². The Bertz CT molecular complexity index is 463. The molecule has 1 heteroatoms. The second kappa shape index (κ2) is 4.74. The molecule has 4 rings (SSSR count). The van der Waals surface area contributed by atoms with Crippen molar-refractivity contribution in [1.29, 1.82) is 5.26 Å². The highest BCUT2D eigenvalue weighted by Gasteiger charge is 2.60. The molecule has 0 bridgehead atoms. The standard InChI is InChI=1S/C20H31N/c1-19-9-5-7-16(19)18-14(13-21)12-15-6-3-4-10-20(15,2)17(18)8-11-19/h14-18H,3-12H2,1-2H3. The summed E-state index contributed by atoms with van der Waals surface area (Å²) in [7, 11) is 0. The fraction of sp³-hybridized carbons (Fsp3) is 0.950. The Morgan fingerprint density at radius 3 is 2.57 bits per heavy atom. The van der Waals surface area contributed by atoms with Crippen LogP contribution in [0.3, 0.4) is 0 Å². The van der Waals surface area contributed by atoms with Gasteiger partial charge in [-0.25, -0.2) is 0 Å². The first-order valence-electron chi connectivity index (χ1n) is 9.48. The number of rotatable bonds is 0. The minimum Gasteiger partial charge on any atom is -0.198 e. The molecule has 4 aliphatic carbocycles. The number of hydrogen-bond donors (Lipinski definition) is 0. The summed E-state index contributed by atoms with van der Waals surface area (Å²) in [6.07, 6.45) is 14.0. The van der Waals surface area contributed by atoms with Gasteiger partial charge in [0.15, 0.2) is 0 Å². The molecule has 0 radical (unpaired) electrons. The van der Waals surface area contributed by atoms with E-state index >= 15 is 0 Å². The van der Waals surface area contributed by atoms with E-state index in [2.05, 4.69) is 19.9 Å². The maximum absolute atomic E-state index is 9.86. The molecule has 0 amide bonds. The van der Waals surface area contributed by atoms with E-state index < -0.39 is 0 Å². The molecular formula is C20H31N. The van der Waals surface area contributed by atoms with E-state index in [0.717, 1.165) is 23.7 Å². The SMILES string of the molecule is CC12CCCC1C1C(C#N)CC3CCCCC3(C)C1CC2. The van der Waals surface area contributed by atoms with Crippen LogP contribution in [0.2, 0.25) is 0 Å². The van der Waals surface area contributed by atoms with Crippen LogP contribution in [0.25, 0.3) is 0 Å². The van der Waals surface area contributed by atoms with Crippen LogP contribution in [0.1, 0.15) is 78.1 Å². The number of nitrogens with zero attached hydrogens (tertiary/aromatic N) is 1. The van der Waals surface area contributed by atoms with Gasteiger partial charge in [-0.15, -0.1) is 0 Å². The minimum absolute atomic E-state index is 0.369. The van der Waals surface area contributed by atoms with Gasteiger partial charge in [-0.1, -0.05) is 33.1 Å². The molecule has 0 N–H and O–H groups in total. The topological polar surface area (TPSA) is 23.8 Å². The summed E-state index contributed by atoms with van der Waals surface area (Å²) in [4.78, 5) is 0. The van der Waals surface area contributed by atoms with E-state index in [1.165, 1.54) is 64.2 Å². The van der Waals surface area contributed by atoms with Gasteiger partial charge < -0.3 is 0 Å². The van der Waals surface area contributed by atoms with E-state index in [4.69, 9.17) is 0 Å². The molecule has 7 atom stereocenters. The van der Waals surface area contributed by atoms with Gasteiger partial charge in [0.05, 0.1) is 6.07 Å². The summed E-state index contributed by atoms with van der Waals surface area (Å²) in [5.41, 5.74) is 1.15. The van der Waals surface area contributed by atoms with Crippen molar-refractivity contribution in [3.8, 4) is 6.07 Å². The maximum atomic E-state index is 9.86. The van der Waals surface area contributed by atoms with Gasteiger partial charge in [0.25, 0.3) is 0 Å². The second-order valence-corrected chi connectivity index (χ2v) is 9.30. The lowest BCUT2D eigenvalue weighted by Crippen LogP contribution is -2.54. The van der Waals surface area contributed by atoms with Crippen LogP contribution in [-0.2, 0) is 0 Å². The van der Waals surface area contributed by atoms with Crippen LogP contribution in [0.5, 0.6) is 0 Å². The minimum atomic E-state index is 0.369. The third-order valence-electron chi connectivity index (χ3n) is 8.58. The van der Waals surface area contributed by atoms with Gasteiger partial charge in [0, 0.05) is 5.92 Å². The van der Waals surface area contributed by atoms with Crippen LogP contribution in [0, 0.1) is 51.8 Å². The molecule has 0 aromatic heterocycles. The first-order chi connectivity index (χ1) is 10.1. The Morgan fingerprint density at radius 2 is 1.76 bits per heavy atom. The molecule has 21 heavy (non-hydrogen) atoms. The van der Waals surface area contributed by atoms with Gasteiger partial charge in [-0.05, 0) is 79.4 Å². The van der Waals surface area contributed by atoms with Crippen LogP contribution in [-0.4, -0.2) is 0 Å². The van der Waals surface area contributed by atoms with E-state index in [9.17, 15) is 5.26 Å². The third-order valence-corrected chi connectivity index (χ3v) is 8.58. The molecule has 4 saturated carbocycles. The van der Waals surface area contributed by atoms with Gasteiger partial charge in [0.1, 0.15) is 0 Å². The van der Waals surface area contributed by atoms with Crippen molar-refractivity contribution in [3.63, 3.8) is 0 Å². The van der Waals surface area contributed by atoms with Crippen molar-refractivity contribution < 1.29 is 0 Å². The molecule has 0 heterocycles. The summed E-state index contributed by atoms with van der Waals surface area (Å²) >= 11 is 0. The normalized spacial score (nSPS) is 56.0. The predicted molar refractivity (Wildman–Crippen MR) is 85.4 cm³/mol. The van der Waals surface area contributed by atoms with Crippen molar-refractivity contribution in [2.75, 3.05) is 0 Å². The summed E-state index contributed by atoms with van der Waals surface area (Å²) in [5, 5.41) is 9.86. The molecule has 4 fully saturated rings. The largest absolute Gasteiger partial charge is 0.198 e. The highest BCUT2D eigenvalue weighted by atomic mass is 14.6. The predicted octanol–water partition coefficient (Wildman–Crippen LogP) is 5.56. The monoisotopic (exact) mass is 285 g/mol. The molecule has 116 valence electrons. The average Bonchev–Trinajstić information content (AvgIpc) is 2.87. The van der Waals surface area contributed by atoms with Crippen LogP contribution >= 0.6 is 0 Å². The zero-order valence-electron chi connectivity index (χ0n) is 13.9. The van der Waals surface area contributed by atoms with E-state index in [1.807, 2.05) is 0 Å². The van der Waals surface area contributed by atoms with Crippen LogP contribution in [0.4, 0.5) is 0 Å². The molecular weight excluding hydrogens is 254 g/mol. The lowest BCUT2D eigenvalue weighted by atomic mass is 9.43. The number of fused-ring (bicyclic) bond motifs is 5. The summed E-state index contributed by atoms with van der Waals surface area (Å²) in [5.74, 6) is 3.67. The fourth-order valence-corrected chi connectivity index (χ4v) is 7.42. The Labute approximate surface area is 130 Å². The van der Waals surface area contributed by atoms with Gasteiger partial charge in [-0.2, -0.15) is 5.26 Å². The number of hydrogen-bond acceptors (Lipinski definition) is 1. The Balaban J connectivity index is 1.72. The third kappa shape index (κ3) is 1.87. The number of nitriles is 1. The first kappa shape index (κ1) is 14.1. The highest BCUT2D eigenvalue weighted by Crippen LogP contribution is 2.67. The average molecular weight is 285 g/mol. The van der Waals surface area contributed by atoms with E-state index in [-0.39, 0.29) is 0 Å². The van der Waals surface area contributed by atoms with Crippen LogP contribution < -0.4 is 0 Å². The Kier molecular flexibility index (Phi) is 3.18. The molecule has 0 aliphatic heterocycles. The highest BCUT2D eigenvalue weighted by molar-refractivity contribution is 5.12. The Morgan fingerprint density at radius 1 is 0.905 bits per heavy atom. The van der Waals surface area contributed by atoms with Crippen molar-refractivity contribution in [2.24, 2.45) is 40.4 Å². The smallest absolute Gasteiger partial charge is 0.0659 e. The van der Waals surface area contributed by atoms with Crippen molar-refractivity contribution in [1.82, 2.24) is 0 Å². The fourth-order valence-electron chi connectivity index (χ4n) is 7.42. The summed E-state index contributed by atoms with van der Waals surface area (Å²) in [6, 6.07) is 2.78. The molecule has 0 aromatic carbocycles. The Hall–Kier alpha value is -0.510. The zero-order valence-corrected chi connectivity index (χ0v) is 13.9. The molecule has 1 nitrogen and oxygen atoms in total. The maximum Gasteiger partial charge on any atom is 0.0659 e. The van der Waals surface area contributed by atoms with Gasteiger partial charge in [-0.3, -0.25) is 0 Å². The quantitative estimate of drug-likeness (QED) is 0.571. The summed E-state index contributed by atoms with van der Waals surface area (Å²) in [6.45, 7) is 5.16. The zero-order chi connectivity index (χ0) is 14.7. The van der Waals surface area contributed by atoms with Gasteiger partial charge in [0.2, 0.25) is 0 Å². The molecule has 0 spiro atoms. The molecule has 0 saturated heterocycles. The van der Waals surface area contributed by atoms with Crippen molar-refractivity contribution >= 4 is 0 Å². The molecule has 7 unspecified atom stereocenters. The lowest BCUT2D eigenvalue weighted by Gasteiger charge is -2.61. The summed E-state index contributed by atoms with van der Waals surface area (Å²) < 4.78 is 0. The second-order valence-electron chi connectivity index (χ2n) is 9.30. The molecule has 0 aromatic rings. The first-order valence-corrected chi connectivity index (χ1v) is 9.48.